The highest BCUT2D eigenvalue weighted by atomic mass is 16.5. The van der Waals surface area contributed by atoms with Gasteiger partial charge in [-0.2, -0.15) is 0 Å². The van der Waals surface area contributed by atoms with E-state index < -0.39 is 6.04 Å². The van der Waals surface area contributed by atoms with E-state index in [0.717, 1.165) is 19.4 Å². The summed E-state index contributed by atoms with van der Waals surface area (Å²) in [4.78, 5) is 14.5. The van der Waals surface area contributed by atoms with Crippen LogP contribution < -0.4 is 11.1 Å². The summed E-state index contributed by atoms with van der Waals surface area (Å²) in [5, 5.41) is 3.00. The van der Waals surface area contributed by atoms with Gasteiger partial charge in [-0.05, 0) is 38.3 Å². The molecular weight excluding hydrogens is 290 g/mol. The number of likely N-dealkylation sites (N-methyl/N-ethyl adjacent to an activating group) is 1. The maximum absolute atomic E-state index is 12.2. The third-order valence-electron chi connectivity index (χ3n) is 4.68. The van der Waals surface area contributed by atoms with Gasteiger partial charge in [0.1, 0.15) is 0 Å². The summed E-state index contributed by atoms with van der Waals surface area (Å²) < 4.78 is 5.32. The zero-order valence-corrected chi connectivity index (χ0v) is 14.2. The summed E-state index contributed by atoms with van der Waals surface area (Å²) in [5.41, 5.74) is 7.37. The smallest absolute Gasteiger partial charge is 0.237 e. The number of nitrogens with one attached hydrogen (secondary N) is 1. The molecule has 1 aliphatic heterocycles. The van der Waals surface area contributed by atoms with Gasteiger partial charge in [-0.1, -0.05) is 30.3 Å². The normalized spacial score (nSPS) is 18.6. The van der Waals surface area contributed by atoms with Crippen molar-refractivity contribution in [1.29, 1.82) is 0 Å². The molecule has 1 heterocycles. The number of carbonyl (C=O) groups excluding carboxylic acids is 1. The van der Waals surface area contributed by atoms with Crippen molar-refractivity contribution in [3.63, 3.8) is 0 Å². The SMILES string of the molecule is CC(CNC(=O)C(N)C1CCOCC1)N(C)Cc1ccccc1. The number of hydrogen-bond donors (Lipinski definition) is 2. The molecule has 1 fully saturated rings. The van der Waals surface area contributed by atoms with Crippen LogP contribution in [0.25, 0.3) is 0 Å². The predicted molar refractivity (Wildman–Crippen MR) is 91.9 cm³/mol. The topological polar surface area (TPSA) is 67.6 Å². The number of benzene rings is 1. The van der Waals surface area contributed by atoms with E-state index >= 15 is 0 Å². The van der Waals surface area contributed by atoms with Crippen molar-refractivity contribution in [2.24, 2.45) is 11.7 Å². The Morgan fingerprint density at radius 1 is 1.35 bits per heavy atom. The summed E-state index contributed by atoms with van der Waals surface area (Å²) in [6, 6.07) is 10.2. The van der Waals surface area contributed by atoms with Crippen LogP contribution in [-0.4, -0.2) is 49.7 Å². The van der Waals surface area contributed by atoms with Crippen molar-refractivity contribution >= 4 is 5.91 Å². The molecule has 3 N–H and O–H groups in total. The first-order valence-electron chi connectivity index (χ1n) is 8.43. The molecule has 5 heteroatoms. The first-order valence-corrected chi connectivity index (χ1v) is 8.43. The fourth-order valence-corrected chi connectivity index (χ4v) is 2.84. The highest BCUT2D eigenvalue weighted by molar-refractivity contribution is 5.81. The van der Waals surface area contributed by atoms with E-state index in [1.807, 2.05) is 18.2 Å². The first-order chi connectivity index (χ1) is 11.1. The maximum atomic E-state index is 12.2. The second-order valence-electron chi connectivity index (χ2n) is 6.47. The second kappa shape index (κ2) is 9.01. The third kappa shape index (κ3) is 5.61. The van der Waals surface area contributed by atoms with Gasteiger partial charge >= 0.3 is 0 Å². The fourth-order valence-electron chi connectivity index (χ4n) is 2.84. The minimum absolute atomic E-state index is 0.0446. The lowest BCUT2D eigenvalue weighted by atomic mass is 9.92. The molecule has 1 amide bonds. The Labute approximate surface area is 139 Å². The second-order valence-corrected chi connectivity index (χ2v) is 6.47. The van der Waals surface area contributed by atoms with Gasteiger partial charge in [-0.15, -0.1) is 0 Å². The van der Waals surface area contributed by atoms with E-state index in [1.165, 1.54) is 5.56 Å². The number of nitrogens with two attached hydrogens (primary N) is 1. The molecule has 0 aliphatic carbocycles. The highest BCUT2D eigenvalue weighted by Gasteiger charge is 2.26. The lowest BCUT2D eigenvalue weighted by molar-refractivity contribution is -0.124. The van der Waals surface area contributed by atoms with Crippen molar-refractivity contribution in [3.05, 3.63) is 35.9 Å². The zero-order chi connectivity index (χ0) is 16.7. The minimum atomic E-state index is -0.425. The number of ether oxygens (including phenoxy) is 1. The number of rotatable bonds is 7. The summed E-state index contributed by atoms with van der Waals surface area (Å²) in [6.07, 6.45) is 1.75. The molecule has 1 aliphatic rings. The van der Waals surface area contributed by atoms with Crippen molar-refractivity contribution < 1.29 is 9.53 Å². The standard InChI is InChI=1S/C18H29N3O2/c1-14(21(2)13-15-6-4-3-5-7-15)12-20-18(22)17(19)16-8-10-23-11-9-16/h3-7,14,16-17H,8-13,19H2,1-2H3,(H,20,22). The van der Waals surface area contributed by atoms with Gasteiger partial charge in [-0.3, -0.25) is 9.69 Å². The van der Waals surface area contributed by atoms with Crippen LogP contribution in [-0.2, 0) is 16.1 Å². The molecule has 128 valence electrons. The lowest BCUT2D eigenvalue weighted by Crippen LogP contribution is -2.50. The molecule has 0 radical (unpaired) electrons. The van der Waals surface area contributed by atoms with Gasteiger partial charge < -0.3 is 15.8 Å². The highest BCUT2D eigenvalue weighted by Crippen LogP contribution is 2.17. The van der Waals surface area contributed by atoms with Crippen LogP contribution in [0.2, 0.25) is 0 Å². The monoisotopic (exact) mass is 319 g/mol. The summed E-state index contributed by atoms with van der Waals surface area (Å²) in [6.45, 7) is 5.01. The lowest BCUT2D eigenvalue weighted by Gasteiger charge is -2.29. The van der Waals surface area contributed by atoms with Crippen LogP contribution in [0.4, 0.5) is 0 Å². The number of nitrogens with zero attached hydrogens (tertiary/aromatic N) is 1. The van der Waals surface area contributed by atoms with E-state index in [-0.39, 0.29) is 17.9 Å². The minimum Gasteiger partial charge on any atom is -0.381 e. The average molecular weight is 319 g/mol. The molecule has 2 unspecified atom stereocenters. The molecule has 1 saturated heterocycles. The largest absolute Gasteiger partial charge is 0.381 e. The van der Waals surface area contributed by atoms with Gasteiger partial charge in [0.15, 0.2) is 0 Å². The number of carbonyl (C=O) groups is 1. The van der Waals surface area contributed by atoms with Crippen molar-refractivity contribution in [2.75, 3.05) is 26.8 Å². The summed E-state index contributed by atoms with van der Waals surface area (Å²) in [7, 11) is 2.07. The molecule has 23 heavy (non-hydrogen) atoms. The van der Waals surface area contributed by atoms with Crippen molar-refractivity contribution in [2.45, 2.75) is 38.4 Å². The summed E-state index contributed by atoms with van der Waals surface area (Å²) in [5.74, 6) is 0.193. The van der Waals surface area contributed by atoms with Gasteiger partial charge in [0.05, 0.1) is 6.04 Å². The molecule has 0 spiro atoms. The van der Waals surface area contributed by atoms with Crippen LogP contribution >= 0.6 is 0 Å². The molecule has 0 aromatic heterocycles. The Hall–Kier alpha value is -1.43. The Morgan fingerprint density at radius 2 is 2.00 bits per heavy atom. The zero-order valence-electron chi connectivity index (χ0n) is 14.2. The Morgan fingerprint density at radius 3 is 2.65 bits per heavy atom. The van der Waals surface area contributed by atoms with Crippen LogP contribution in [0.3, 0.4) is 0 Å². The molecule has 0 saturated carbocycles. The Balaban J connectivity index is 1.74. The molecule has 5 nitrogen and oxygen atoms in total. The van der Waals surface area contributed by atoms with Gasteiger partial charge in [-0.25, -0.2) is 0 Å². The van der Waals surface area contributed by atoms with Gasteiger partial charge in [0.2, 0.25) is 5.91 Å². The molecule has 1 aromatic rings. The molecular formula is C18H29N3O2. The van der Waals surface area contributed by atoms with E-state index in [4.69, 9.17) is 10.5 Å². The number of amides is 1. The van der Waals surface area contributed by atoms with Crippen LogP contribution in [0, 0.1) is 5.92 Å². The Kier molecular flexibility index (Phi) is 7.02. The first kappa shape index (κ1) is 17.9. The third-order valence-corrected chi connectivity index (χ3v) is 4.68. The van der Waals surface area contributed by atoms with Crippen molar-refractivity contribution in [3.8, 4) is 0 Å². The molecule has 0 bridgehead atoms. The van der Waals surface area contributed by atoms with Gasteiger partial charge in [0.25, 0.3) is 0 Å². The van der Waals surface area contributed by atoms with Crippen LogP contribution in [0.15, 0.2) is 30.3 Å². The maximum Gasteiger partial charge on any atom is 0.237 e. The van der Waals surface area contributed by atoms with E-state index in [9.17, 15) is 4.79 Å². The van der Waals surface area contributed by atoms with Gasteiger partial charge in [0, 0.05) is 32.3 Å². The molecule has 1 aromatic carbocycles. The van der Waals surface area contributed by atoms with E-state index in [1.54, 1.807) is 0 Å². The molecule has 2 atom stereocenters. The summed E-state index contributed by atoms with van der Waals surface area (Å²) >= 11 is 0. The van der Waals surface area contributed by atoms with Crippen LogP contribution in [0.1, 0.15) is 25.3 Å². The Bertz CT molecular complexity index is 474. The van der Waals surface area contributed by atoms with Crippen molar-refractivity contribution in [1.82, 2.24) is 10.2 Å². The predicted octanol–water partition coefficient (Wildman–Crippen LogP) is 1.38. The average Bonchev–Trinajstić information content (AvgIpc) is 2.60. The van der Waals surface area contributed by atoms with E-state index in [2.05, 4.69) is 36.3 Å². The fraction of sp³-hybridized carbons (Fsp3) is 0.611. The quantitative estimate of drug-likeness (QED) is 0.797. The van der Waals surface area contributed by atoms with Crippen LogP contribution in [0.5, 0.6) is 0 Å². The molecule has 2 rings (SSSR count). The number of hydrogen-bond acceptors (Lipinski definition) is 4. The van der Waals surface area contributed by atoms with E-state index in [0.29, 0.717) is 19.8 Å².